The fourth-order valence-electron chi connectivity index (χ4n) is 4.68. The van der Waals surface area contributed by atoms with Gasteiger partial charge in [0.15, 0.2) is 0 Å². The minimum atomic E-state index is -0.747. The number of nitrogens with zero attached hydrogens (tertiary/aromatic N) is 1. The molecule has 28 heavy (non-hydrogen) atoms. The number of rotatable bonds is 5. The quantitative estimate of drug-likeness (QED) is 0.760. The van der Waals surface area contributed by atoms with E-state index in [1.807, 2.05) is 0 Å². The van der Waals surface area contributed by atoms with Gasteiger partial charge in [0.1, 0.15) is 23.4 Å². The lowest BCUT2D eigenvalue weighted by atomic mass is 9.85. The van der Waals surface area contributed by atoms with E-state index >= 15 is 0 Å². The van der Waals surface area contributed by atoms with Crippen LogP contribution in [0, 0.1) is 23.6 Å². The van der Waals surface area contributed by atoms with E-state index < -0.39 is 23.4 Å². The normalized spacial score (nSPS) is 34.0. The van der Waals surface area contributed by atoms with Crippen LogP contribution < -0.4 is 10.2 Å². The zero-order chi connectivity index (χ0) is 19.4. The van der Waals surface area contributed by atoms with E-state index in [4.69, 9.17) is 4.74 Å². The summed E-state index contributed by atoms with van der Waals surface area (Å²) >= 11 is -0.747. The number of benzene rings is 1. The standard InChI is InChI=1S/C20H23FN2O4S/c21-17-6-12(4-5-14(17)18-15-9-28(26)10-16(15)18)23-8-13(27-20(23)25)7-22-19(24)11-2-1-3-11/h4-6,11,13,15-16,18H,1-3,7-10H2,(H,22,24)/t13-,15-,16+,18+,28?/m0/s1. The lowest BCUT2D eigenvalue weighted by Gasteiger charge is -2.24. The molecule has 1 aromatic rings. The molecular formula is C20H23FN2O4S. The highest BCUT2D eigenvalue weighted by Crippen LogP contribution is 2.59. The molecule has 2 amide bonds. The maximum absolute atomic E-state index is 14.7. The van der Waals surface area contributed by atoms with Gasteiger partial charge in [-0.25, -0.2) is 9.18 Å². The highest BCUT2D eigenvalue weighted by molar-refractivity contribution is 7.91. The molecule has 0 radical (unpaired) electrons. The number of fused-ring (bicyclic) bond motifs is 1. The molecule has 2 saturated carbocycles. The zero-order valence-corrected chi connectivity index (χ0v) is 16.3. The Morgan fingerprint density at radius 3 is 2.71 bits per heavy atom. The van der Waals surface area contributed by atoms with Crippen LogP contribution >= 0.6 is 0 Å². The van der Waals surface area contributed by atoms with Crippen molar-refractivity contribution in [3.8, 4) is 0 Å². The summed E-state index contributed by atoms with van der Waals surface area (Å²) in [5, 5.41) is 2.85. The maximum atomic E-state index is 14.7. The van der Waals surface area contributed by atoms with E-state index in [-0.39, 0.29) is 36.6 Å². The summed E-state index contributed by atoms with van der Waals surface area (Å²) in [6, 6.07) is 4.88. The molecule has 2 aliphatic carbocycles. The highest BCUT2D eigenvalue weighted by atomic mass is 32.2. The Morgan fingerprint density at radius 2 is 2.07 bits per heavy atom. The molecule has 1 N–H and O–H groups in total. The number of cyclic esters (lactones) is 1. The second-order valence-electron chi connectivity index (χ2n) is 8.32. The van der Waals surface area contributed by atoms with Crippen molar-refractivity contribution in [2.24, 2.45) is 17.8 Å². The first kappa shape index (κ1) is 18.2. The summed E-state index contributed by atoms with van der Waals surface area (Å²) in [4.78, 5) is 25.6. The Balaban J connectivity index is 1.21. The molecule has 0 bridgehead atoms. The van der Waals surface area contributed by atoms with Crippen LogP contribution in [0.2, 0.25) is 0 Å². The van der Waals surface area contributed by atoms with Gasteiger partial charge in [-0.3, -0.25) is 9.69 Å². The summed E-state index contributed by atoms with van der Waals surface area (Å²) in [6.07, 6.45) is 1.98. The maximum Gasteiger partial charge on any atom is 0.414 e. The number of amides is 2. The average molecular weight is 406 g/mol. The van der Waals surface area contributed by atoms with Crippen LogP contribution in [-0.2, 0) is 20.7 Å². The second-order valence-corrected chi connectivity index (χ2v) is 9.87. The van der Waals surface area contributed by atoms with Gasteiger partial charge in [-0.2, -0.15) is 0 Å². The Labute approximate surface area is 166 Å². The molecule has 0 spiro atoms. The van der Waals surface area contributed by atoms with E-state index in [2.05, 4.69) is 5.32 Å². The molecule has 5 atom stereocenters. The van der Waals surface area contributed by atoms with Crippen molar-refractivity contribution in [3.05, 3.63) is 29.6 Å². The number of nitrogens with one attached hydrogen (secondary N) is 1. The number of carbonyl (C=O) groups excluding carboxylic acids is 2. The van der Waals surface area contributed by atoms with Crippen LogP contribution in [-0.4, -0.2) is 47.3 Å². The monoisotopic (exact) mass is 406 g/mol. The summed E-state index contributed by atoms with van der Waals surface area (Å²) in [5.41, 5.74) is 1.13. The van der Waals surface area contributed by atoms with Crippen LogP contribution in [0.25, 0.3) is 0 Å². The van der Waals surface area contributed by atoms with Crippen LogP contribution in [0.5, 0.6) is 0 Å². The molecule has 2 aliphatic heterocycles. The van der Waals surface area contributed by atoms with Gasteiger partial charge in [0.25, 0.3) is 0 Å². The van der Waals surface area contributed by atoms with Crippen LogP contribution in [0.1, 0.15) is 30.7 Å². The van der Waals surface area contributed by atoms with Crippen molar-refractivity contribution in [1.82, 2.24) is 5.32 Å². The minimum absolute atomic E-state index is 0.0204. The highest BCUT2D eigenvalue weighted by Gasteiger charge is 2.60. The first-order valence-corrected chi connectivity index (χ1v) is 11.4. The third-order valence-electron chi connectivity index (χ3n) is 6.60. The Hall–Kier alpha value is -1.80. The molecule has 6 nitrogen and oxygen atoms in total. The number of anilines is 1. The third kappa shape index (κ3) is 3.16. The van der Waals surface area contributed by atoms with E-state index in [9.17, 15) is 18.5 Å². The summed E-state index contributed by atoms with van der Waals surface area (Å²) < 4.78 is 31.6. The van der Waals surface area contributed by atoms with Gasteiger partial charge in [0, 0.05) is 23.7 Å². The topological polar surface area (TPSA) is 81.7 Å². The van der Waals surface area contributed by atoms with E-state index in [0.29, 0.717) is 34.6 Å². The van der Waals surface area contributed by atoms with Crippen LogP contribution in [0.15, 0.2) is 18.2 Å². The number of hydrogen-bond donors (Lipinski definition) is 1. The van der Waals surface area contributed by atoms with Crippen LogP contribution in [0.4, 0.5) is 14.9 Å². The lowest BCUT2D eigenvalue weighted by molar-refractivity contribution is -0.127. The first-order chi connectivity index (χ1) is 13.5. The molecule has 4 aliphatic rings. The van der Waals surface area contributed by atoms with Gasteiger partial charge < -0.3 is 14.6 Å². The van der Waals surface area contributed by atoms with Gasteiger partial charge in [-0.1, -0.05) is 23.7 Å². The molecule has 2 heterocycles. The van der Waals surface area contributed by atoms with Gasteiger partial charge >= 0.3 is 6.09 Å². The number of ether oxygens (including phenoxy) is 1. The predicted molar refractivity (Wildman–Crippen MR) is 102 cm³/mol. The molecular weight excluding hydrogens is 383 g/mol. The lowest BCUT2D eigenvalue weighted by Crippen LogP contribution is -2.39. The van der Waals surface area contributed by atoms with Crippen molar-refractivity contribution < 1.29 is 23.3 Å². The molecule has 2 saturated heterocycles. The van der Waals surface area contributed by atoms with Gasteiger partial charge in [-0.15, -0.1) is 0 Å². The molecule has 1 aromatic carbocycles. The Bertz CT molecular complexity index is 805. The predicted octanol–water partition coefficient (Wildman–Crippen LogP) is 2.16. The number of hydrogen-bond acceptors (Lipinski definition) is 4. The van der Waals surface area contributed by atoms with Crippen molar-refractivity contribution in [2.45, 2.75) is 31.3 Å². The van der Waals surface area contributed by atoms with E-state index in [1.165, 1.54) is 11.0 Å². The first-order valence-electron chi connectivity index (χ1n) is 9.91. The fourth-order valence-corrected chi connectivity index (χ4v) is 6.58. The SMILES string of the molecule is O=C(NC[C@H]1CN(c2ccc([C@H]3[C@@H]4C[S+]([O-])C[C@@H]43)c(F)c2)C(=O)O1)C1CCC1. The molecule has 1 unspecified atom stereocenters. The zero-order valence-electron chi connectivity index (χ0n) is 15.4. The second kappa shape index (κ2) is 6.91. The Kier molecular flexibility index (Phi) is 4.50. The van der Waals surface area contributed by atoms with E-state index in [1.54, 1.807) is 12.1 Å². The average Bonchev–Trinajstić information content (AvgIpc) is 2.94. The minimum Gasteiger partial charge on any atom is -0.616 e. The summed E-state index contributed by atoms with van der Waals surface area (Å²) in [5.74, 6) is 1.96. The van der Waals surface area contributed by atoms with Crippen molar-refractivity contribution in [1.29, 1.82) is 0 Å². The third-order valence-corrected chi connectivity index (χ3v) is 8.11. The largest absolute Gasteiger partial charge is 0.616 e. The van der Waals surface area contributed by atoms with Gasteiger partial charge in [-0.05, 0) is 30.5 Å². The van der Waals surface area contributed by atoms with Gasteiger partial charge in [0.05, 0.1) is 18.8 Å². The molecule has 5 rings (SSSR count). The van der Waals surface area contributed by atoms with E-state index in [0.717, 1.165) is 19.3 Å². The molecule has 4 fully saturated rings. The molecule has 8 heteroatoms. The summed E-state index contributed by atoms with van der Waals surface area (Å²) in [6.45, 7) is 0.566. The van der Waals surface area contributed by atoms with Crippen molar-refractivity contribution >= 4 is 28.9 Å². The van der Waals surface area contributed by atoms with Crippen LogP contribution in [0.3, 0.4) is 0 Å². The summed E-state index contributed by atoms with van der Waals surface area (Å²) in [7, 11) is 0. The molecule has 0 aromatic heterocycles. The smallest absolute Gasteiger partial charge is 0.414 e. The van der Waals surface area contributed by atoms with Crippen molar-refractivity contribution in [3.63, 3.8) is 0 Å². The molecule has 150 valence electrons. The number of halogens is 1. The van der Waals surface area contributed by atoms with Crippen molar-refractivity contribution in [2.75, 3.05) is 29.5 Å². The number of carbonyl (C=O) groups is 2. The Morgan fingerprint density at radius 1 is 1.32 bits per heavy atom. The van der Waals surface area contributed by atoms with Gasteiger partial charge in [0.2, 0.25) is 5.91 Å². The fraction of sp³-hybridized carbons (Fsp3) is 0.600.